The Kier molecular flexibility index (Phi) is 11.2. The van der Waals surface area contributed by atoms with E-state index in [1.165, 1.54) is 17.9 Å². The number of carbonyl (C=O) groups is 5. The molecule has 2 bridgehead atoms. The highest BCUT2D eigenvalue weighted by atomic mass is 16.5. The SMILES string of the molecule is Cc1nc2ccc(C(=O)N3CCNC(=O)[C@@H](Cc4ccccc4)NC(=O)[C@@H](CC(C)C)NC(=O)[C@@H](C)NC(=O)c4cc(on4)C3)cc2nc1C. The van der Waals surface area contributed by atoms with E-state index in [-0.39, 0.29) is 49.3 Å². The fourth-order valence-corrected chi connectivity index (χ4v) is 5.59. The first kappa shape index (κ1) is 35.6. The molecule has 14 nitrogen and oxygen atoms in total. The Hall–Kier alpha value is -5.66. The number of hydrogen-bond donors (Lipinski definition) is 4. The number of nitrogens with one attached hydrogen (secondary N) is 4. The van der Waals surface area contributed by atoms with Crippen LogP contribution in [0.1, 0.15) is 70.8 Å². The molecule has 1 aliphatic rings. The third-order valence-corrected chi connectivity index (χ3v) is 8.43. The molecule has 50 heavy (non-hydrogen) atoms. The average Bonchev–Trinajstić information content (AvgIpc) is 3.55. The molecule has 0 radical (unpaired) electrons. The van der Waals surface area contributed by atoms with Gasteiger partial charge >= 0.3 is 0 Å². The van der Waals surface area contributed by atoms with Crippen LogP contribution in [0.25, 0.3) is 11.0 Å². The molecule has 1 aliphatic heterocycles. The summed E-state index contributed by atoms with van der Waals surface area (Å²) < 4.78 is 5.44. The normalized spacial score (nSPS) is 19.6. The summed E-state index contributed by atoms with van der Waals surface area (Å²) in [6.45, 7) is 9.02. The Labute approximate surface area is 289 Å². The van der Waals surface area contributed by atoms with Crippen LogP contribution in [0.5, 0.6) is 0 Å². The van der Waals surface area contributed by atoms with Gasteiger partial charge in [0.25, 0.3) is 11.8 Å². The summed E-state index contributed by atoms with van der Waals surface area (Å²) in [5, 5.41) is 14.9. The highest BCUT2D eigenvalue weighted by molar-refractivity contribution is 5.98. The number of carbonyl (C=O) groups excluding carboxylic acids is 5. The van der Waals surface area contributed by atoms with E-state index in [1.807, 2.05) is 58.0 Å². The quantitative estimate of drug-likeness (QED) is 0.245. The van der Waals surface area contributed by atoms with E-state index in [0.717, 1.165) is 17.0 Å². The molecule has 4 aromatic rings. The number of hydrogen-bond acceptors (Lipinski definition) is 9. The van der Waals surface area contributed by atoms with Crippen molar-refractivity contribution < 1.29 is 28.5 Å². The predicted molar refractivity (Wildman–Crippen MR) is 184 cm³/mol. The smallest absolute Gasteiger partial charge is 0.274 e. The molecule has 0 saturated carbocycles. The van der Waals surface area contributed by atoms with Crippen molar-refractivity contribution in [1.29, 1.82) is 0 Å². The van der Waals surface area contributed by atoms with Crippen molar-refractivity contribution in [1.82, 2.24) is 41.3 Å². The third-order valence-electron chi connectivity index (χ3n) is 8.43. The second-order valence-electron chi connectivity index (χ2n) is 12.9. The fraction of sp³-hybridized carbons (Fsp3) is 0.389. The van der Waals surface area contributed by atoms with Gasteiger partial charge in [0.2, 0.25) is 17.7 Å². The van der Waals surface area contributed by atoms with Crippen molar-refractivity contribution >= 4 is 40.6 Å². The summed E-state index contributed by atoms with van der Waals surface area (Å²) in [5.74, 6) is -2.39. The van der Waals surface area contributed by atoms with Gasteiger partial charge in [0.1, 0.15) is 18.1 Å². The second kappa shape index (κ2) is 15.7. The average molecular weight is 683 g/mol. The highest BCUT2D eigenvalue weighted by Crippen LogP contribution is 2.18. The van der Waals surface area contributed by atoms with Crippen molar-refractivity contribution in [2.45, 2.75) is 72.1 Å². The minimum absolute atomic E-state index is 0.0232. The zero-order chi connectivity index (χ0) is 35.9. The van der Waals surface area contributed by atoms with Gasteiger partial charge in [-0.25, -0.2) is 9.97 Å². The molecular formula is C36H42N8O6. The van der Waals surface area contributed by atoms with Gasteiger partial charge in [0, 0.05) is 31.1 Å². The molecule has 5 rings (SSSR count). The molecule has 2 aromatic carbocycles. The standard InChI is InChI=1S/C36H42N8O6/c1-20(2)15-29-34(47)42-30(16-24-9-7-6-8-10-24)33(46)37-13-14-44(19-26-18-31(43-50-26)35(48)40-23(5)32(45)41-29)36(49)25-11-12-27-28(17-25)39-22(4)21(3)38-27/h6-12,17-18,20,23,29-30H,13-16,19H2,1-5H3,(H,37,46)(H,40,48)(H,41,45)(H,42,47)/t23-,29-,30-/m1/s1. The molecule has 0 spiro atoms. The molecule has 4 N–H and O–H groups in total. The Morgan fingerprint density at radius 2 is 1.58 bits per heavy atom. The summed E-state index contributed by atoms with van der Waals surface area (Å²) in [4.78, 5) is 78.1. The molecule has 262 valence electrons. The zero-order valence-electron chi connectivity index (χ0n) is 28.8. The number of aromatic nitrogens is 3. The van der Waals surface area contributed by atoms with Crippen molar-refractivity contribution in [2.75, 3.05) is 13.1 Å². The van der Waals surface area contributed by atoms with E-state index in [1.54, 1.807) is 18.2 Å². The number of benzene rings is 2. The van der Waals surface area contributed by atoms with Crippen molar-refractivity contribution in [2.24, 2.45) is 5.92 Å². The summed E-state index contributed by atoms with van der Waals surface area (Å²) in [5.41, 5.74) is 3.80. The monoisotopic (exact) mass is 682 g/mol. The lowest BCUT2D eigenvalue weighted by atomic mass is 10.0. The van der Waals surface area contributed by atoms with Gasteiger partial charge in [0.15, 0.2) is 11.5 Å². The van der Waals surface area contributed by atoms with E-state index < -0.39 is 41.8 Å². The maximum absolute atomic E-state index is 14.0. The Morgan fingerprint density at radius 1 is 0.880 bits per heavy atom. The number of rotatable bonds is 5. The van der Waals surface area contributed by atoms with Crippen LogP contribution in [0.2, 0.25) is 0 Å². The molecule has 5 amide bonds. The molecular weight excluding hydrogens is 640 g/mol. The van der Waals surface area contributed by atoms with Crippen LogP contribution < -0.4 is 21.3 Å². The fourth-order valence-electron chi connectivity index (χ4n) is 5.59. The Bertz CT molecular complexity index is 1890. The maximum atomic E-state index is 14.0. The minimum atomic E-state index is -1.03. The van der Waals surface area contributed by atoms with Crippen LogP contribution in [0.4, 0.5) is 0 Å². The second-order valence-corrected chi connectivity index (χ2v) is 12.9. The number of aryl methyl sites for hydroxylation is 2. The van der Waals surface area contributed by atoms with Crippen molar-refractivity contribution in [3.63, 3.8) is 0 Å². The number of amides is 5. The van der Waals surface area contributed by atoms with Gasteiger partial charge in [-0.1, -0.05) is 49.3 Å². The van der Waals surface area contributed by atoms with Gasteiger partial charge in [-0.3, -0.25) is 24.0 Å². The van der Waals surface area contributed by atoms with E-state index >= 15 is 0 Å². The van der Waals surface area contributed by atoms with E-state index in [9.17, 15) is 24.0 Å². The summed E-state index contributed by atoms with van der Waals surface area (Å²) in [6, 6.07) is 12.7. The van der Waals surface area contributed by atoms with Gasteiger partial charge in [-0.2, -0.15) is 0 Å². The first-order valence-electron chi connectivity index (χ1n) is 16.6. The molecule has 0 saturated heterocycles. The van der Waals surface area contributed by atoms with Crippen LogP contribution in [-0.2, 0) is 27.3 Å². The van der Waals surface area contributed by atoms with E-state index in [0.29, 0.717) is 23.0 Å². The van der Waals surface area contributed by atoms with Gasteiger partial charge in [-0.15, -0.1) is 0 Å². The first-order valence-corrected chi connectivity index (χ1v) is 16.6. The predicted octanol–water partition coefficient (Wildman–Crippen LogP) is 2.38. The largest absolute Gasteiger partial charge is 0.359 e. The van der Waals surface area contributed by atoms with Crippen LogP contribution >= 0.6 is 0 Å². The van der Waals surface area contributed by atoms with Crippen LogP contribution in [0, 0.1) is 19.8 Å². The van der Waals surface area contributed by atoms with Crippen molar-refractivity contribution in [3.05, 3.63) is 88.6 Å². The lowest BCUT2D eigenvalue weighted by Gasteiger charge is -2.26. The van der Waals surface area contributed by atoms with Crippen LogP contribution in [0.15, 0.2) is 59.1 Å². The highest BCUT2D eigenvalue weighted by Gasteiger charge is 2.30. The Morgan fingerprint density at radius 3 is 2.30 bits per heavy atom. The summed E-state index contributed by atoms with van der Waals surface area (Å²) in [7, 11) is 0. The molecule has 0 fully saturated rings. The number of fused-ring (bicyclic) bond motifs is 3. The van der Waals surface area contributed by atoms with E-state index in [2.05, 4.69) is 36.4 Å². The first-order chi connectivity index (χ1) is 23.9. The van der Waals surface area contributed by atoms with Gasteiger partial charge < -0.3 is 30.7 Å². The van der Waals surface area contributed by atoms with Gasteiger partial charge in [-0.05, 0) is 56.9 Å². The molecule has 14 heteroatoms. The zero-order valence-corrected chi connectivity index (χ0v) is 28.8. The van der Waals surface area contributed by atoms with Gasteiger partial charge in [0.05, 0.1) is 29.0 Å². The third kappa shape index (κ3) is 8.87. The summed E-state index contributed by atoms with van der Waals surface area (Å²) >= 11 is 0. The summed E-state index contributed by atoms with van der Waals surface area (Å²) in [6.07, 6.45) is 0.481. The van der Waals surface area contributed by atoms with Crippen LogP contribution in [0.3, 0.4) is 0 Å². The maximum Gasteiger partial charge on any atom is 0.274 e. The topological polar surface area (TPSA) is 189 Å². The van der Waals surface area contributed by atoms with Crippen molar-refractivity contribution in [3.8, 4) is 0 Å². The number of nitrogens with zero attached hydrogens (tertiary/aromatic N) is 4. The Balaban J connectivity index is 1.46. The van der Waals surface area contributed by atoms with Crippen LogP contribution in [-0.4, -0.2) is 80.8 Å². The lowest BCUT2D eigenvalue weighted by Crippen LogP contribution is -2.57. The molecule has 3 heterocycles. The van der Waals surface area contributed by atoms with E-state index in [4.69, 9.17) is 4.52 Å². The molecule has 3 atom stereocenters. The molecule has 2 aromatic heterocycles. The minimum Gasteiger partial charge on any atom is -0.359 e. The lowest BCUT2D eigenvalue weighted by molar-refractivity contribution is -0.132. The molecule has 0 unspecified atom stereocenters. The molecule has 0 aliphatic carbocycles.